The van der Waals surface area contributed by atoms with Crippen molar-refractivity contribution in [1.29, 1.82) is 0 Å². The first-order valence-corrected chi connectivity index (χ1v) is 8.14. The second kappa shape index (κ2) is 7.83. The average molecular weight is 345 g/mol. The maximum atomic E-state index is 12.4. The maximum Gasteiger partial charge on any atom is 0.326 e. The summed E-state index contributed by atoms with van der Waals surface area (Å²) in [5.74, 6) is -1.85. The third kappa shape index (κ3) is 4.59. The van der Waals surface area contributed by atoms with Crippen molar-refractivity contribution in [2.45, 2.75) is 26.3 Å². The van der Waals surface area contributed by atoms with Gasteiger partial charge in [0.2, 0.25) is 5.91 Å². The van der Waals surface area contributed by atoms with Crippen LogP contribution in [-0.4, -0.2) is 40.0 Å². The predicted octanol–water partition coefficient (Wildman–Crippen LogP) is 1.52. The van der Waals surface area contributed by atoms with Gasteiger partial charge in [-0.25, -0.2) is 4.79 Å². The van der Waals surface area contributed by atoms with Gasteiger partial charge in [0, 0.05) is 24.1 Å². The molecule has 0 saturated heterocycles. The quantitative estimate of drug-likeness (QED) is 0.708. The van der Waals surface area contributed by atoms with Crippen molar-refractivity contribution in [3.63, 3.8) is 0 Å². The van der Waals surface area contributed by atoms with E-state index in [-0.39, 0.29) is 18.4 Å². The van der Waals surface area contributed by atoms with Gasteiger partial charge in [0.05, 0.1) is 12.1 Å². The number of nitrogens with zero attached hydrogens (tertiary/aromatic N) is 1. The SMILES string of the molecule is CC(C)C[C@H](NC(=O)CNC(=O)c1cn(C)c2ccccc12)C(=O)O. The molecule has 1 heterocycles. The van der Waals surface area contributed by atoms with Crippen molar-refractivity contribution >= 4 is 28.7 Å². The number of carbonyl (C=O) groups is 3. The van der Waals surface area contributed by atoms with Gasteiger partial charge in [0.1, 0.15) is 6.04 Å². The van der Waals surface area contributed by atoms with Crippen molar-refractivity contribution in [2.24, 2.45) is 13.0 Å². The zero-order valence-electron chi connectivity index (χ0n) is 14.6. The van der Waals surface area contributed by atoms with Gasteiger partial charge in [-0.15, -0.1) is 0 Å². The van der Waals surface area contributed by atoms with E-state index in [2.05, 4.69) is 10.6 Å². The number of para-hydroxylation sites is 1. The van der Waals surface area contributed by atoms with E-state index in [1.807, 2.05) is 49.7 Å². The molecule has 0 spiro atoms. The molecule has 1 aromatic heterocycles. The standard InChI is InChI=1S/C18H23N3O4/c1-11(2)8-14(18(24)25)20-16(22)9-19-17(23)13-10-21(3)15-7-5-4-6-12(13)15/h4-7,10-11,14H,8-9H2,1-3H3,(H,19,23)(H,20,22)(H,24,25)/t14-/m0/s1. The minimum atomic E-state index is -1.08. The van der Waals surface area contributed by atoms with Gasteiger partial charge in [-0.05, 0) is 18.4 Å². The summed E-state index contributed by atoms with van der Waals surface area (Å²) in [6.45, 7) is 3.48. The topological polar surface area (TPSA) is 100 Å². The number of amides is 2. The molecule has 0 radical (unpaired) electrons. The van der Waals surface area contributed by atoms with Gasteiger partial charge in [-0.3, -0.25) is 9.59 Å². The minimum absolute atomic E-state index is 0.131. The van der Waals surface area contributed by atoms with E-state index < -0.39 is 17.9 Å². The van der Waals surface area contributed by atoms with Gasteiger partial charge in [0.15, 0.2) is 0 Å². The summed E-state index contributed by atoms with van der Waals surface area (Å²) < 4.78 is 1.84. The fourth-order valence-corrected chi connectivity index (χ4v) is 2.72. The number of nitrogens with one attached hydrogen (secondary N) is 2. The van der Waals surface area contributed by atoms with Crippen LogP contribution in [0.3, 0.4) is 0 Å². The normalized spacial score (nSPS) is 12.2. The highest BCUT2D eigenvalue weighted by molar-refractivity contribution is 6.07. The van der Waals surface area contributed by atoms with Crippen molar-refractivity contribution in [3.8, 4) is 0 Å². The lowest BCUT2D eigenvalue weighted by molar-refractivity contribution is -0.142. The molecule has 0 aliphatic rings. The smallest absolute Gasteiger partial charge is 0.326 e. The Balaban J connectivity index is 1.99. The van der Waals surface area contributed by atoms with Crippen molar-refractivity contribution < 1.29 is 19.5 Å². The molecule has 3 N–H and O–H groups in total. The van der Waals surface area contributed by atoms with Crippen LogP contribution < -0.4 is 10.6 Å². The van der Waals surface area contributed by atoms with Crippen molar-refractivity contribution in [1.82, 2.24) is 15.2 Å². The first-order chi connectivity index (χ1) is 11.8. The van der Waals surface area contributed by atoms with Crippen LogP contribution >= 0.6 is 0 Å². The molecule has 0 bridgehead atoms. The highest BCUT2D eigenvalue weighted by atomic mass is 16.4. The average Bonchev–Trinajstić information content (AvgIpc) is 2.89. The lowest BCUT2D eigenvalue weighted by Gasteiger charge is -2.16. The number of hydrogen-bond acceptors (Lipinski definition) is 3. The third-order valence-electron chi connectivity index (χ3n) is 3.89. The van der Waals surface area contributed by atoms with Crippen molar-refractivity contribution in [3.05, 3.63) is 36.0 Å². The number of hydrogen-bond donors (Lipinski definition) is 3. The van der Waals surface area contributed by atoms with Gasteiger partial charge in [-0.2, -0.15) is 0 Å². The maximum absolute atomic E-state index is 12.4. The molecule has 0 fully saturated rings. The van der Waals surface area contributed by atoms with E-state index >= 15 is 0 Å². The van der Waals surface area contributed by atoms with Gasteiger partial charge < -0.3 is 20.3 Å². The van der Waals surface area contributed by atoms with E-state index in [0.717, 1.165) is 10.9 Å². The van der Waals surface area contributed by atoms with E-state index in [9.17, 15) is 14.4 Å². The lowest BCUT2D eigenvalue weighted by atomic mass is 10.0. The number of fused-ring (bicyclic) bond motifs is 1. The fraction of sp³-hybridized carbons (Fsp3) is 0.389. The molecule has 7 nitrogen and oxygen atoms in total. The summed E-state index contributed by atoms with van der Waals surface area (Å²) in [6.07, 6.45) is 2.04. The van der Waals surface area contributed by atoms with Gasteiger partial charge >= 0.3 is 5.97 Å². The van der Waals surface area contributed by atoms with Crippen molar-refractivity contribution in [2.75, 3.05) is 6.54 Å². The molecule has 0 saturated carbocycles. The molecule has 2 amide bonds. The number of carboxylic acids is 1. The summed E-state index contributed by atoms with van der Waals surface area (Å²) >= 11 is 0. The molecule has 2 aromatic rings. The molecular weight excluding hydrogens is 322 g/mol. The number of aromatic nitrogens is 1. The monoisotopic (exact) mass is 345 g/mol. The molecule has 0 aliphatic heterocycles. The number of rotatable bonds is 7. The zero-order valence-corrected chi connectivity index (χ0v) is 14.6. The Morgan fingerprint density at radius 3 is 2.52 bits per heavy atom. The Kier molecular flexibility index (Phi) is 5.80. The Bertz CT molecular complexity index is 795. The first kappa shape index (κ1) is 18.5. The molecule has 7 heteroatoms. The Labute approximate surface area is 146 Å². The molecular formula is C18H23N3O4. The van der Waals surface area contributed by atoms with Crippen LogP contribution in [0.2, 0.25) is 0 Å². The van der Waals surface area contributed by atoms with Gasteiger partial charge in [-0.1, -0.05) is 32.0 Å². The number of aryl methyl sites for hydroxylation is 1. The second-order valence-electron chi connectivity index (χ2n) is 6.44. The first-order valence-electron chi connectivity index (χ1n) is 8.14. The number of aliphatic carboxylic acids is 1. The van der Waals surface area contributed by atoms with Crippen LogP contribution in [0.1, 0.15) is 30.6 Å². The highest BCUT2D eigenvalue weighted by Gasteiger charge is 2.21. The van der Waals surface area contributed by atoms with Crippen LogP contribution in [0.5, 0.6) is 0 Å². The van der Waals surface area contributed by atoms with Crippen LogP contribution in [0.25, 0.3) is 10.9 Å². The Morgan fingerprint density at radius 1 is 1.20 bits per heavy atom. The lowest BCUT2D eigenvalue weighted by Crippen LogP contribution is -2.46. The third-order valence-corrected chi connectivity index (χ3v) is 3.89. The molecule has 1 atom stereocenters. The summed E-state index contributed by atoms with van der Waals surface area (Å²) in [5.41, 5.74) is 1.39. The molecule has 0 unspecified atom stereocenters. The summed E-state index contributed by atoms with van der Waals surface area (Å²) in [4.78, 5) is 35.5. The van der Waals surface area contributed by atoms with Crippen LogP contribution in [-0.2, 0) is 16.6 Å². The summed E-state index contributed by atoms with van der Waals surface area (Å²) in [6, 6.07) is 6.52. The van der Waals surface area contributed by atoms with E-state index in [1.54, 1.807) is 6.20 Å². The Morgan fingerprint density at radius 2 is 1.88 bits per heavy atom. The molecule has 1 aromatic carbocycles. The van der Waals surface area contributed by atoms with E-state index in [1.165, 1.54) is 0 Å². The van der Waals surface area contributed by atoms with Crippen LogP contribution in [0.4, 0.5) is 0 Å². The summed E-state index contributed by atoms with van der Waals surface area (Å²) in [7, 11) is 1.84. The van der Waals surface area contributed by atoms with E-state index in [0.29, 0.717) is 12.0 Å². The highest BCUT2D eigenvalue weighted by Crippen LogP contribution is 2.19. The fourth-order valence-electron chi connectivity index (χ4n) is 2.72. The van der Waals surface area contributed by atoms with E-state index in [4.69, 9.17) is 5.11 Å². The predicted molar refractivity (Wildman–Crippen MR) is 94.3 cm³/mol. The van der Waals surface area contributed by atoms with Crippen LogP contribution in [0.15, 0.2) is 30.5 Å². The molecule has 0 aliphatic carbocycles. The zero-order chi connectivity index (χ0) is 18.6. The largest absolute Gasteiger partial charge is 0.480 e. The number of carboxylic acid groups (broad SMARTS) is 1. The second-order valence-corrected chi connectivity index (χ2v) is 6.44. The Hall–Kier alpha value is -2.83. The van der Waals surface area contributed by atoms with Crippen LogP contribution in [0, 0.1) is 5.92 Å². The molecule has 25 heavy (non-hydrogen) atoms. The minimum Gasteiger partial charge on any atom is -0.480 e. The number of carbonyl (C=O) groups excluding carboxylic acids is 2. The summed E-state index contributed by atoms with van der Waals surface area (Å²) in [5, 5.41) is 14.9. The van der Waals surface area contributed by atoms with Gasteiger partial charge in [0.25, 0.3) is 5.91 Å². The number of benzene rings is 1. The molecule has 2 rings (SSSR count). The molecule has 134 valence electrons.